The highest BCUT2D eigenvalue weighted by Gasteiger charge is 2.35. The number of benzene rings is 1. The molecule has 0 radical (unpaired) electrons. The molecule has 0 saturated carbocycles. The van der Waals surface area contributed by atoms with Crippen LogP contribution in [0.5, 0.6) is 0 Å². The van der Waals surface area contributed by atoms with Crippen LogP contribution >= 0.6 is 0 Å². The predicted molar refractivity (Wildman–Crippen MR) is 86.9 cm³/mol. The lowest BCUT2D eigenvalue weighted by molar-refractivity contribution is -0.126. The number of amides is 2. The van der Waals surface area contributed by atoms with E-state index in [9.17, 15) is 14.0 Å². The Morgan fingerprint density at radius 1 is 1.38 bits per heavy atom. The van der Waals surface area contributed by atoms with Gasteiger partial charge in [-0.15, -0.1) is 0 Å². The molecule has 0 aliphatic carbocycles. The van der Waals surface area contributed by atoms with Crippen LogP contribution in [0.4, 0.5) is 10.1 Å². The second-order valence-corrected chi connectivity index (χ2v) is 6.07. The molecule has 24 heavy (non-hydrogen) atoms. The van der Waals surface area contributed by atoms with Crippen molar-refractivity contribution in [3.8, 4) is 0 Å². The Labute approximate surface area is 139 Å². The zero-order valence-electron chi connectivity index (χ0n) is 13.4. The van der Waals surface area contributed by atoms with E-state index in [2.05, 4.69) is 5.32 Å². The predicted octanol–water partition coefficient (Wildman–Crippen LogP) is 2.52. The number of carbonyl (C=O) groups excluding carboxylic acids is 2. The van der Waals surface area contributed by atoms with Crippen LogP contribution in [0.1, 0.15) is 19.1 Å². The maximum Gasteiger partial charge on any atom is 0.227 e. The number of nitrogens with one attached hydrogen (secondary N) is 1. The molecule has 1 N–H and O–H groups in total. The number of rotatable bonds is 5. The van der Waals surface area contributed by atoms with Gasteiger partial charge in [0.15, 0.2) is 0 Å². The van der Waals surface area contributed by atoms with Crippen molar-refractivity contribution >= 4 is 17.5 Å². The van der Waals surface area contributed by atoms with Gasteiger partial charge in [-0.05, 0) is 43.3 Å². The maximum atomic E-state index is 13.0. The van der Waals surface area contributed by atoms with E-state index in [0.717, 1.165) is 5.76 Å². The Kier molecular flexibility index (Phi) is 4.64. The third kappa shape index (κ3) is 3.64. The van der Waals surface area contributed by atoms with Crippen molar-refractivity contribution in [3.05, 3.63) is 54.2 Å². The maximum absolute atomic E-state index is 13.0. The number of hydrogen-bond donors (Lipinski definition) is 1. The van der Waals surface area contributed by atoms with Crippen molar-refractivity contribution in [2.24, 2.45) is 5.92 Å². The molecule has 1 aromatic heterocycles. The Morgan fingerprint density at radius 2 is 2.12 bits per heavy atom. The molecule has 0 bridgehead atoms. The molecule has 2 amide bonds. The number of furan rings is 1. The molecule has 1 aromatic carbocycles. The van der Waals surface area contributed by atoms with Crippen molar-refractivity contribution in [3.63, 3.8) is 0 Å². The van der Waals surface area contributed by atoms with Crippen LogP contribution in [0.3, 0.4) is 0 Å². The standard InChI is InChI=1S/C18H19FN2O3/c1-12(9-16-3-2-8-24-16)20-18(23)13-10-17(22)21(11-13)15-6-4-14(19)5-7-15/h2-8,12-13H,9-11H2,1H3,(H,20,23)/t12-,13+/m1/s1. The third-order valence-electron chi connectivity index (χ3n) is 4.11. The largest absolute Gasteiger partial charge is 0.469 e. The van der Waals surface area contributed by atoms with E-state index >= 15 is 0 Å². The zero-order valence-corrected chi connectivity index (χ0v) is 13.4. The van der Waals surface area contributed by atoms with Crippen LogP contribution in [0.25, 0.3) is 0 Å². The van der Waals surface area contributed by atoms with Gasteiger partial charge in [-0.2, -0.15) is 0 Å². The smallest absolute Gasteiger partial charge is 0.227 e. The van der Waals surface area contributed by atoms with Crippen LogP contribution < -0.4 is 10.2 Å². The summed E-state index contributed by atoms with van der Waals surface area (Å²) in [4.78, 5) is 26.1. The number of hydrogen-bond acceptors (Lipinski definition) is 3. The molecule has 6 heteroatoms. The fourth-order valence-electron chi connectivity index (χ4n) is 2.90. The molecule has 2 aromatic rings. The Morgan fingerprint density at radius 3 is 2.79 bits per heavy atom. The summed E-state index contributed by atoms with van der Waals surface area (Å²) in [5, 5.41) is 2.92. The number of halogens is 1. The van der Waals surface area contributed by atoms with Gasteiger partial charge in [-0.1, -0.05) is 0 Å². The van der Waals surface area contributed by atoms with Crippen molar-refractivity contribution in [2.45, 2.75) is 25.8 Å². The molecule has 1 aliphatic rings. The Bertz CT molecular complexity index is 712. The van der Waals surface area contributed by atoms with Gasteiger partial charge in [0.2, 0.25) is 11.8 Å². The first-order valence-corrected chi connectivity index (χ1v) is 7.91. The molecule has 0 unspecified atom stereocenters. The second kappa shape index (κ2) is 6.86. The molecule has 1 saturated heterocycles. The van der Waals surface area contributed by atoms with Crippen LogP contribution in [0.15, 0.2) is 47.1 Å². The minimum atomic E-state index is -0.401. The fourth-order valence-corrected chi connectivity index (χ4v) is 2.90. The SMILES string of the molecule is C[C@H](Cc1ccco1)NC(=O)[C@H]1CC(=O)N(c2ccc(F)cc2)C1. The van der Waals surface area contributed by atoms with E-state index in [1.807, 2.05) is 13.0 Å². The minimum absolute atomic E-state index is 0.0846. The second-order valence-electron chi connectivity index (χ2n) is 6.07. The molecular weight excluding hydrogens is 311 g/mol. The number of carbonyl (C=O) groups is 2. The number of nitrogens with zero attached hydrogens (tertiary/aromatic N) is 1. The summed E-state index contributed by atoms with van der Waals surface area (Å²) in [5.41, 5.74) is 0.611. The average molecular weight is 330 g/mol. The van der Waals surface area contributed by atoms with Gasteiger partial charge in [-0.3, -0.25) is 9.59 Å². The summed E-state index contributed by atoms with van der Waals surface area (Å²) in [7, 11) is 0. The summed E-state index contributed by atoms with van der Waals surface area (Å²) in [5.74, 6) is -0.223. The molecule has 1 fully saturated rings. The summed E-state index contributed by atoms with van der Waals surface area (Å²) in [6, 6.07) is 9.29. The first kappa shape index (κ1) is 16.2. The normalized spacial score (nSPS) is 18.7. The molecule has 3 rings (SSSR count). The highest BCUT2D eigenvalue weighted by molar-refractivity contribution is 6.00. The van der Waals surface area contributed by atoms with Crippen LogP contribution in [0.2, 0.25) is 0 Å². The Balaban J connectivity index is 1.58. The van der Waals surface area contributed by atoms with Gasteiger partial charge >= 0.3 is 0 Å². The summed E-state index contributed by atoms with van der Waals surface area (Å²) < 4.78 is 18.3. The lowest BCUT2D eigenvalue weighted by Crippen LogP contribution is -2.39. The van der Waals surface area contributed by atoms with Gasteiger partial charge in [0.25, 0.3) is 0 Å². The van der Waals surface area contributed by atoms with E-state index in [4.69, 9.17) is 4.42 Å². The monoisotopic (exact) mass is 330 g/mol. The van der Waals surface area contributed by atoms with E-state index in [1.54, 1.807) is 24.5 Å². The molecule has 0 spiro atoms. The highest BCUT2D eigenvalue weighted by atomic mass is 19.1. The van der Waals surface area contributed by atoms with E-state index < -0.39 is 5.92 Å². The van der Waals surface area contributed by atoms with E-state index in [-0.39, 0.29) is 30.1 Å². The van der Waals surface area contributed by atoms with Crippen LogP contribution in [-0.2, 0) is 16.0 Å². The fraction of sp³-hybridized carbons (Fsp3) is 0.333. The van der Waals surface area contributed by atoms with Gasteiger partial charge in [0, 0.05) is 31.1 Å². The lowest BCUT2D eigenvalue weighted by atomic mass is 10.1. The van der Waals surface area contributed by atoms with Crippen molar-refractivity contribution in [1.82, 2.24) is 5.32 Å². The van der Waals surface area contributed by atoms with E-state index in [0.29, 0.717) is 18.7 Å². The quantitative estimate of drug-likeness (QED) is 0.916. The van der Waals surface area contributed by atoms with Crippen molar-refractivity contribution in [2.75, 3.05) is 11.4 Å². The zero-order chi connectivity index (χ0) is 17.1. The molecule has 2 heterocycles. The van der Waals surface area contributed by atoms with Crippen LogP contribution in [0, 0.1) is 11.7 Å². The minimum Gasteiger partial charge on any atom is -0.469 e. The molecular formula is C18H19FN2O3. The van der Waals surface area contributed by atoms with Gasteiger partial charge in [0.1, 0.15) is 11.6 Å². The third-order valence-corrected chi connectivity index (χ3v) is 4.11. The van der Waals surface area contributed by atoms with Gasteiger partial charge in [0.05, 0.1) is 12.2 Å². The van der Waals surface area contributed by atoms with Crippen molar-refractivity contribution in [1.29, 1.82) is 0 Å². The summed E-state index contributed by atoms with van der Waals surface area (Å²) in [6.45, 7) is 2.21. The van der Waals surface area contributed by atoms with Gasteiger partial charge in [-0.25, -0.2) is 4.39 Å². The average Bonchev–Trinajstić information content (AvgIpc) is 3.17. The summed E-state index contributed by atoms with van der Waals surface area (Å²) in [6.07, 6.45) is 2.36. The topological polar surface area (TPSA) is 62.6 Å². The molecule has 126 valence electrons. The molecule has 5 nitrogen and oxygen atoms in total. The van der Waals surface area contributed by atoms with Gasteiger partial charge < -0.3 is 14.6 Å². The van der Waals surface area contributed by atoms with E-state index in [1.165, 1.54) is 17.0 Å². The highest BCUT2D eigenvalue weighted by Crippen LogP contribution is 2.25. The van der Waals surface area contributed by atoms with Crippen LogP contribution in [-0.4, -0.2) is 24.4 Å². The first-order valence-electron chi connectivity index (χ1n) is 7.91. The lowest BCUT2D eigenvalue weighted by Gasteiger charge is -2.18. The van der Waals surface area contributed by atoms with Crippen molar-refractivity contribution < 1.29 is 18.4 Å². The molecule has 1 aliphatic heterocycles. The summed E-state index contributed by atoms with van der Waals surface area (Å²) >= 11 is 0. The first-order chi connectivity index (χ1) is 11.5. The number of anilines is 1. The Hall–Kier alpha value is -2.63. The molecule has 2 atom stereocenters.